The van der Waals surface area contributed by atoms with Gasteiger partial charge in [0.2, 0.25) is 5.91 Å². The second kappa shape index (κ2) is 3.47. The highest BCUT2D eigenvalue weighted by Crippen LogP contribution is 2.48. The van der Waals surface area contributed by atoms with Crippen LogP contribution in [0, 0.1) is 5.41 Å². The molecule has 0 aromatic heterocycles. The minimum absolute atomic E-state index is 0.0621. The summed E-state index contributed by atoms with van der Waals surface area (Å²) in [6.45, 7) is 2.01. The van der Waals surface area contributed by atoms with Gasteiger partial charge in [-0.15, -0.1) is 0 Å². The van der Waals surface area contributed by atoms with E-state index in [-0.39, 0.29) is 28.9 Å². The van der Waals surface area contributed by atoms with E-state index in [0.29, 0.717) is 6.42 Å². The molecule has 1 amide bonds. The van der Waals surface area contributed by atoms with Crippen LogP contribution in [0.5, 0.6) is 0 Å². The molecule has 1 heterocycles. The zero-order chi connectivity index (χ0) is 11.1. The molecule has 0 bridgehead atoms. The monoisotopic (exact) mass is 231 g/mol. The molecule has 2 fully saturated rings. The Morgan fingerprint density at radius 3 is 2.53 bits per heavy atom. The Kier molecular flexibility index (Phi) is 2.53. The van der Waals surface area contributed by atoms with Gasteiger partial charge in [-0.3, -0.25) is 4.79 Å². The van der Waals surface area contributed by atoms with Gasteiger partial charge >= 0.3 is 0 Å². The molecule has 15 heavy (non-hydrogen) atoms. The summed E-state index contributed by atoms with van der Waals surface area (Å²) in [5.74, 6) is 0.405. The van der Waals surface area contributed by atoms with Crippen molar-refractivity contribution in [2.24, 2.45) is 5.41 Å². The Morgan fingerprint density at radius 1 is 1.47 bits per heavy atom. The molecule has 5 heteroatoms. The van der Waals surface area contributed by atoms with E-state index in [1.54, 1.807) is 0 Å². The van der Waals surface area contributed by atoms with Gasteiger partial charge in [0.15, 0.2) is 9.84 Å². The number of carbonyl (C=O) groups is 1. The first kappa shape index (κ1) is 10.9. The Morgan fingerprint density at radius 2 is 2.13 bits per heavy atom. The molecule has 1 unspecified atom stereocenters. The van der Waals surface area contributed by atoms with Gasteiger partial charge in [-0.1, -0.05) is 6.92 Å². The first-order valence-corrected chi connectivity index (χ1v) is 7.31. The third-order valence-corrected chi connectivity index (χ3v) is 5.35. The molecular weight excluding hydrogens is 214 g/mol. The van der Waals surface area contributed by atoms with Crippen LogP contribution in [0.3, 0.4) is 0 Å². The molecule has 1 saturated carbocycles. The number of nitrogens with one attached hydrogen (secondary N) is 1. The largest absolute Gasteiger partial charge is 0.352 e. The van der Waals surface area contributed by atoms with Gasteiger partial charge in [0.25, 0.3) is 0 Å². The average molecular weight is 231 g/mol. The van der Waals surface area contributed by atoms with Crippen LogP contribution in [0.25, 0.3) is 0 Å². The van der Waals surface area contributed by atoms with E-state index >= 15 is 0 Å². The van der Waals surface area contributed by atoms with Crippen molar-refractivity contribution in [3.63, 3.8) is 0 Å². The molecule has 0 spiro atoms. The van der Waals surface area contributed by atoms with Crippen molar-refractivity contribution in [3.05, 3.63) is 0 Å². The van der Waals surface area contributed by atoms with Crippen molar-refractivity contribution in [1.29, 1.82) is 0 Å². The summed E-state index contributed by atoms with van der Waals surface area (Å²) in [7, 11) is -2.89. The number of sulfone groups is 1. The average Bonchev–Trinajstić information content (AvgIpc) is 2.88. The number of amides is 1. The molecule has 2 aliphatic rings. The second-order valence-electron chi connectivity index (χ2n) is 4.71. The number of hydrogen-bond acceptors (Lipinski definition) is 3. The van der Waals surface area contributed by atoms with Crippen molar-refractivity contribution in [2.75, 3.05) is 11.5 Å². The fourth-order valence-electron chi connectivity index (χ4n) is 2.14. The molecular formula is C10H17NO3S. The van der Waals surface area contributed by atoms with Gasteiger partial charge < -0.3 is 5.32 Å². The lowest BCUT2D eigenvalue weighted by Crippen LogP contribution is -2.40. The van der Waals surface area contributed by atoms with E-state index in [9.17, 15) is 13.2 Å². The molecule has 1 atom stereocenters. The van der Waals surface area contributed by atoms with Gasteiger partial charge in [0.05, 0.1) is 11.5 Å². The van der Waals surface area contributed by atoms with Gasteiger partial charge in [-0.05, 0) is 25.7 Å². The zero-order valence-electron chi connectivity index (χ0n) is 8.95. The predicted molar refractivity (Wildman–Crippen MR) is 57.2 cm³/mol. The van der Waals surface area contributed by atoms with E-state index in [4.69, 9.17) is 0 Å². The molecule has 1 saturated heterocycles. The Hall–Kier alpha value is -0.580. The molecule has 0 aromatic rings. The van der Waals surface area contributed by atoms with Gasteiger partial charge in [-0.2, -0.15) is 0 Å². The maximum Gasteiger partial charge on any atom is 0.226 e. The minimum atomic E-state index is -2.89. The Labute approximate surface area is 90.3 Å². The first-order valence-electron chi connectivity index (χ1n) is 5.49. The summed E-state index contributed by atoms with van der Waals surface area (Å²) in [5, 5.41) is 2.87. The summed E-state index contributed by atoms with van der Waals surface area (Å²) < 4.78 is 22.4. The summed E-state index contributed by atoms with van der Waals surface area (Å²) in [5.41, 5.74) is -0.160. The summed E-state index contributed by atoms with van der Waals surface area (Å²) in [6.07, 6.45) is 3.34. The number of hydrogen-bond donors (Lipinski definition) is 1. The normalized spacial score (nSPS) is 31.1. The van der Waals surface area contributed by atoms with Crippen LogP contribution in [0.15, 0.2) is 0 Å². The van der Waals surface area contributed by atoms with Crippen LogP contribution in [0.1, 0.15) is 32.6 Å². The molecule has 1 aliphatic carbocycles. The Bertz CT molecular complexity index is 370. The van der Waals surface area contributed by atoms with E-state index in [1.165, 1.54) is 0 Å². The van der Waals surface area contributed by atoms with Crippen molar-refractivity contribution in [1.82, 2.24) is 5.32 Å². The molecule has 4 nitrogen and oxygen atoms in total. The fourth-order valence-corrected chi connectivity index (χ4v) is 3.81. The van der Waals surface area contributed by atoms with Crippen LogP contribution in [0.4, 0.5) is 0 Å². The van der Waals surface area contributed by atoms with E-state index in [2.05, 4.69) is 5.32 Å². The minimum Gasteiger partial charge on any atom is -0.352 e. The maximum absolute atomic E-state index is 11.8. The Balaban J connectivity index is 1.91. The number of rotatable bonds is 3. The lowest BCUT2D eigenvalue weighted by atomic mass is 10.0. The van der Waals surface area contributed by atoms with Crippen LogP contribution >= 0.6 is 0 Å². The van der Waals surface area contributed by atoms with Crippen LogP contribution in [0.2, 0.25) is 0 Å². The van der Waals surface area contributed by atoms with Crippen LogP contribution < -0.4 is 5.32 Å². The molecule has 86 valence electrons. The maximum atomic E-state index is 11.8. The smallest absolute Gasteiger partial charge is 0.226 e. The van der Waals surface area contributed by atoms with Crippen LogP contribution in [-0.2, 0) is 14.6 Å². The highest BCUT2D eigenvalue weighted by molar-refractivity contribution is 7.91. The predicted octanol–water partition coefficient (Wildman–Crippen LogP) is 0.480. The highest BCUT2D eigenvalue weighted by atomic mass is 32.2. The molecule has 2 rings (SSSR count). The third-order valence-electron chi connectivity index (χ3n) is 3.58. The quantitative estimate of drug-likeness (QED) is 0.768. The summed E-state index contributed by atoms with van der Waals surface area (Å²) in [4.78, 5) is 11.8. The molecule has 0 aromatic carbocycles. The van der Waals surface area contributed by atoms with Gasteiger partial charge in [-0.25, -0.2) is 8.42 Å². The fraction of sp³-hybridized carbons (Fsp3) is 0.900. The van der Waals surface area contributed by atoms with E-state index in [0.717, 1.165) is 19.3 Å². The standard InChI is InChI=1S/C10H17NO3S/c1-2-10(4-5-10)9(12)11-8-3-6-15(13,14)7-8/h8H,2-7H2,1H3,(H,11,12). The topological polar surface area (TPSA) is 63.2 Å². The van der Waals surface area contributed by atoms with Crippen LogP contribution in [-0.4, -0.2) is 31.9 Å². The zero-order valence-corrected chi connectivity index (χ0v) is 9.77. The third kappa shape index (κ3) is 2.17. The number of carbonyl (C=O) groups excluding carboxylic acids is 1. The highest BCUT2D eigenvalue weighted by Gasteiger charge is 2.48. The molecule has 1 aliphatic heterocycles. The van der Waals surface area contributed by atoms with Crippen molar-refractivity contribution < 1.29 is 13.2 Å². The van der Waals surface area contributed by atoms with E-state index in [1.807, 2.05) is 6.92 Å². The lowest BCUT2D eigenvalue weighted by molar-refractivity contribution is -0.127. The van der Waals surface area contributed by atoms with Crippen molar-refractivity contribution in [3.8, 4) is 0 Å². The summed E-state index contributed by atoms with van der Waals surface area (Å²) in [6, 6.07) is -0.147. The van der Waals surface area contributed by atoms with Crippen molar-refractivity contribution >= 4 is 15.7 Å². The molecule has 1 N–H and O–H groups in total. The SMILES string of the molecule is CCC1(C(=O)NC2CCS(=O)(=O)C2)CC1. The lowest BCUT2D eigenvalue weighted by Gasteiger charge is -2.16. The van der Waals surface area contributed by atoms with Crippen molar-refractivity contribution in [2.45, 2.75) is 38.6 Å². The van der Waals surface area contributed by atoms with E-state index < -0.39 is 9.84 Å². The van der Waals surface area contributed by atoms with Gasteiger partial charge in [0, 0.05) is 11.5 Å². The summed E-state index contributed by atoms with van der Waals surface area (Å²) >= 11 is 0. The molecule has 0 radical (unpaired) electrons. The second-order valence-corrected chi connectivity index (χ2v) is 6.94. The van der Waals surface area contributed by atoms with Gasteiger partial charge in [0.1, 0.15) is 0 Å². The first-order chi connectivity index (χ1) is 6.97.